The van der Waals surface area contributed by atoms with Crippen LogP contribution in [0.15, 0.2) is 36.0 Å². The predicted octanol–water partition coefficient (Wildman–Crippen LogP) is 6.11. The highest BCUT2D eigenvalue weighted by atomic mass is 35.5. The number of hydrogen-bond acceptors (Lipinski definition) is 7. The molecule has 0 saturated heterocycles. The molecule has 1 amide bonds. The normalized spacial score (nSPS) is 13.5. The number of carbonyl (C=O) groups excluding carboxylic acids is 1. The van der Waals surface area contributed by atoms with E-state index in [1.54, 1.807) is 12.1 Å². The molecular weight excluding hydrogens is 502 g/mol. The quantitative estimate of drug-likeness (QED) is 0.266. The maximum Gasteiger partial charge on any atom is 0.235 e. The molecule has 3 aromatic rings. The lowest BCUT2D eigenvalue weighted by molar-refractivity contribution is -0.113. The summed E-state index contributed by atoms with van der Waals surface area (Å²) in [5.74, 6) is 1.29. The second kappa shape index (κ2) is 11.3. The van der Waals surface area contributed by atoms with Gasteiger partial charge in [-0.25, -0.2) is 0 Å². The van der Waals surface area contributed by atoms with Gasteiger partial charge in [-0.1, -0.05) is 29.4 Å². The number of allylic oxidation sites excluding steroid dienone is 1. The number of aromatic nitrogens is 3. The number of halogens is 1. The average Bonchev–Trinajstić information content (AvgIpc) is 3.40. The van der Waals surface area contributed by atoms with Crippen molar-refractivity contribution in [1.29, 1.82) is 5.26 Å². The van der Waals surface area contributed by atoms with E-state index in [-0.39, 0.29) is 17.8 Å². The standard InChI is InChI=1S/C25H26ClN5O2S2/c1-4-11-31-23(16(3)33-17-9-10-20(26)15(2)12-17)29-30-25(31)34-14-22(32)28-24-19(13-27)18-7-5-6-8-21(18)35-24/h4,9-10,12,16H,1,5-8,11,14H2,2-3H3,(H,28,32). The third-order valence-electron chi connectivity index (χ3n) is 5.73. The maximum atomic E-state index is 12.7. The number of thioether (sulfide) groups is 1. The van der Waals surface area contributed by atoms with E-state index in [9.17, 15) is 10.1 Å². The van der Waals surface area contributed by atoms with Crippen LogP contribution in [-0.2, 0) is 24.2 Å². The molecule has 1 N–H and O–H groups in total. The monoisotopic (exact) mass is 527 g/mol. The van der Waals surface area contributed by atoms with E-state index in [0.29, 0.717) is 38.9 Å². The lowest BCUT2D eigenvalue weighted by Gasteiger charge is -2.16. The number of benzene rings is 1. The zero-order chi connectivity index (χ0) is 24.9. The highest BCUT2D eigenvalue weighted by molar-refractivity contribution is 7.99. The zero-order valence-electron chi connectivity index (χ0n) is 19.6. The number of carbonyl (C=O) groups is 1. The van der Waals surface area contributed by atoms with Gasteiger partial charge in [0.25, 0.3) is 0 Å². The smallest absolute Gasteiger partial charge is 0.235 e. The number of nitrogens with one attached hydrogen (secondary N) is 1. The van der Waals surface area contributed by atoms with Crippen LogP contribution in [0.25, 0.3) is 0 Å². The number of rotatable bonds is 9. The number of aryl methyl sites for hydroxylation is 2. The van der Waals surface area contributed by atoms with Crippen molar-refractivity contribution in [3.8, 4) is 11.8 Å². The van der Waals surface area contributed by atoms with Gasteiger partial charge in [0.05, 0.1) is 11.3 Å². The van der Waals surface area contributed by atoms with E-state index >= 15 is 0 Å². The lowest BCUT2D eigenvalue weighted by atomic mass is 9.96. The van der Waals surface area contributed by atoms with Gasteiger partial charge >= 0.3 is 0 Å². The Balaban J connectivity index is 1.43. The second-order valence-electron chi connectivity index (χ2n) is 8.27. The van der Waals surface area contributed by atoms with Crippen LogP contribution in [0.2, 0.25) is 5.02 Å². The first-order chi connectivity index (χ1) is 16.9. The van der Waals surface area contributed by atoms with Gasteiger partial charge in [-0.15, -0.1) is 28.1 Å². The summed E-state index contributed by atoms with van der Waals surface area (Å²) in [6.45, 7) is 8.14. The third kappa shape index (κ3) is 5.72. The molecule has 2 aromatic heterocycles. The third-order valence-corrected chi connectivity index (χ3v) is 8.33. The van der Waals surface area contributed by atoms with Crippen LogP contribution in [0.1, 0.15) is 53.3 Å². The Morgan fingerprint density at radius 2 is 2.23 bits per heavy atom. The first-order valence-corrected chi connectivity index (χ1v) is 13.5. The van der Waals surface area contributed by atoms with E-state index in [1.807, 2.05) is 30.5 Å². The summed E-state index contributed by atoms with van der Waals surface area (Å²) in [6, 6.07) is 7.78. The molecule has 0 bridgehead atoms. The van der Waals surface area contributed by atoms with Crippen molar-refractivity contribution in [3.63, 3.8) is 0 Å². The first-order valence-electron chi connectivity index (χ1n) is 11.3. The summed E-state index contributed by atoms with van der Waals surface area (Å²) in [7, 11) is 0. The van der Waals surface area contributed by atoms with Crippen molar-refractivity contribution < 1.29 is 9.53 Å². The van der Waals surface area contributed by atoms with Crippen molar-refractivity contribution in [3.05, 3.63) is 63.3 Å². The summed E-state index contributed by atoms with van der Waals surface area (Å²) in [6.07, 6.45) is 5.48. The molecule has 10 heteroatoms. The van der Waals surface area contributed by atoms with Gasteiger partial charge in [-0.2, -0.15) is 5.26 Å². The number of amides is 1. The lowest BCUT2D eigenvalue weighted by Crippen LogP contribution is -2.15. The number of ether oxygens (including phenoxy) is 1. The molecular formula is C25H26ClN5O2S2. The van der Waals surface area contributed by atoms with Crippen LogP contribution in [0.5, 0.6) is 5.75 Å². The fourth-order valence-corrected chi connectivity index (χ4v) is 6.15. The first kappa shape index (κ1) is 25.3. The van der Waals surface area contributed by atoms with Crippen molar-refractivity contribution in [1.82, 2.24) is 14.8 Å². The molecule has 182 valence electrons. The topological polar surface area (TPSA) is 92.8 Å². The molecule has 7 nitrogen and oxygen atoms in total. The number of thiophene rings is 1. The molecule has 2 heterocycles. The highest BCUT2D eigenvalue weighted by Crippen LogP contribution is 2.37. The van der Waals surface area contributed by atoms with Crippen molar-refractivity contribution in [2.75, 3.05) is 11.1 Å². The van der Waals surface area contributed by atoms with Crippen LogP contribution < -0.4 is 10.1 Å². The van der Waals surface area contributed by atoms with Gasteiger partial charge in [0, 0.05) is 16.4 Å². The van der Waals surface area contributed by atoms with Gasteiger partial charge in [0.1, 0.15) is 16.8 Å². The SMILES string of the molecule is C=CCn1c(SCC(=O)Nc2sc3c(c2C#N)CCCC3)nnc1C(C)Oc1ccc(Cl)c(C)c1. The highest BCUT2D eigenvalue weighted by Gasteiger charge is 2.23. The number of anilines is 1. The predicted molar refractivity (Wildman–Crippen MR) is 140 cm³/mol. The van der Waals surface area contributed by atoms with Gasteiger partial charge in [0.15, 0.2) is 17.1 Å². The van der Waals surface area contributed by atoms with Crippen LogP contribution in [0.4, 0.5) is 5.00 Å². The minimum Gasteiger partial charge on any atom is -0.483 e. The largest absolute Gasteiger partial charge is 0.483 e. The molecule has 0 fully saturated rings. The number of hydrogen-bond donors (Lipinski definition) is 1. The Labute approximate surface area is 218 Å². The minimum atomic E-state index is -0.373. The van der Waals surface area contributed by atoms with E-state index in [4.69, 9.17) is 16.3 Å². The summed E-state index contributed by atoms with van der Waals surface area (Å²) in [4.78, 5) is 13.9. The molecule has 0 spiro atoms. The number of fused-ring (bicyclic) bond motifs is 1. The fourth-order valence-electron chi connectivity index (χ4n) is 4.02. The second-order valence-corrected chi connectivity index (χ2v) is 10.7. The molecule has 1 aromatic carbocycles. The molecule has 0 aliphatic heterocycles. The Kier molecular flexibility index (Phi) is 8.16. The van der Waals surface area contributed by atoms with Gasteiger partial charge < -0.3 is 10.1 Å². The number of nitrogens with zero attached hydrogens (tertiary/aromatic N) is 4. The van der Waals surface area contributed by atoms with Gasteiger partial charge in [-0.05, 0) is 68.9 Å². The van der Waals surface area contributed by atoms with Crippen LogP contribution in [-0.4, -0.2) is 26.4 Å². The van der Waals surface area contributed by atoms with Crippen LogP contribution in [0, 0.1) is 18.3 Å². The Morgan fingerprint density at radius 1 is 1.43 bits per heavy atom. The Morgan fingerprint density at radius 3 is 2.97 bits per heavy atom. The van der Waals surface area contributed by atoms with E-state index in [0.717, 1.165) is 36.8 Å². The summed E-state index contributed by atoms with van der Waals surface area (Å²) in [5.41, 5.74) is 2.65. The average molecular weight is 528 g/mol. The molecule has 0 saturated carbocycles. The van der Waals surface area contributed by atoms with Crippen molar-refractivity contribution >= 4 is 45.6 Å². The summed E-state index contributed by atoms with van der Waals surface area (Å²) in [5, 5.41) is 23.1. The van der Waals surface area contributed by atoms with Crippen molar-refractivity contribution in [2.24, 2.45) is 0 Å². The molecule has 4 rings (SSSR count). The van der Waals surface area contributed by atoms with Crippen molar-refractivity contribution in [2.45, 2.75) is 57.3 Å². The molecule has 1 unspecified atom stereocenters. The summed E-state index contributed by atoms with van der Waals surface area (Å²) < 4.78 is 7.96. The Hall–Kier alpha value is -2.80. The summed E-state index contributed by atoms with van der Waals surface area (Å²) >= 11 is 8.93. The van der Waals surface area contributed by atoms with Crippen LogP contribution in [0.3, 0.4) is 0 Å². The molecule has 1 aliphatic rings. The molecule has 1 aliphatic carbocycles. The minimum absolute atomic E-state index is 0.147. The van der Waals surface area contributed by atoms with E-state index < -0.39 is 0 Å². The molecule has 35 heavy (non-hydrogen) atoms. The van der Waals surface area contributed by atoms with Gasteiger partial charge in [-0.3, -0.25) is 9.36 Å². The fraction of sp³-hybridized carbons (Fsp3) is 0.360. The van der Waals surface area contributed by atoms with E-state index in [2.05, 4.69) is 28.2 Å². The van der Waals surface area contributed by atoms with Gasteiger partial charge in [0.2, 0.25) is 5.91 Å². The number of nitriles is 1. The molecule has 0 radical (unpaired) electrons. The van der Waals surface area contributed by atoms with E-state index in [1.165, 1.54) is 28.0 Å². The molecule has 1 atom stereocenters. The maximum absolute atomic E-state index is 12.7. The zero-order valence-corrected chi connectivity index (χ0v) is 22.0. The van der Waals surface area contributed by atoms with Crippen LogP contribution >= 0.6 is 34.7 Å². The Bertz CT molecular complexity index is 1290.